The van der Waals surface area contributed by atoms with Gasteiger partial charge in [0.05, 0.1) is 28.8 Å². The molecule has 3 rings (SSSR count). The number of nitriles is 1. The van der Waals surface area contributed by atoms with Crippen molar-refractivity contribution >= 4 is 11.0 Å². The Balaban J connectivity index is 1.76. The normalized spacial score (nSPS) is 21.6. The molecule has 1 aliphatic rings. The Bertz CT molecular complexity index is 662. The number of aryl methyl sites for hydroxylation is 1. The van der Waals surface area contributed by atoms with Crippen molar-refractivity contribution < 1.29 is 4.74 Å². The van der Waals surface area contributed by atoms with Gasteiger partial charge in [-0.05, 0) is 43.9 Å². The number of benzene rings is 1. The van der Waals surface area contributed by atoms with E-state index in [2.05, 4.69) is 10.6 Å². The molecule has 104 valence electrons. The summed E-state index contributed by atoms with van der Waals surface area (Å²) < 4.78 is 7.72. The zero-order valence-corrected chi connectivity index (χ0v) is 12.0. The summed E-state index contributed by atoms with van der Waals surface area (Å²) in [4.78, 5) is 4.69. The first-order chi connectivity index (χ1) is 9.71. The van der Waals surface area contributed by atoms with Crippen LogP contribution in [0.15, 0.2) is 18.2 Å². The Morgan fingerprint density at radius 3 is 2.95 bits per heavy atom. The zero-order chi connectivity index (χ0) is 14.1. The number of nitrogens with zero attached hydrogens (tertiary/aromatic N) is 3. The SMILES string of the molecule is CCOC1CC(Cc2nc3ccc(C#N)cc3n2C)C1. The molecule has 0 aliphatic heterocycles. The number of ether oxygens (including phenoxy) is 1. The van der Waals surface area contributed by atoms with Crippen molar-refractivity contribution in [1.29, 1.82) is 5.26 Å². The number of rotatable bonds is 4. The molecule has 0 amide bonds. The van der Waals surface area contributed by atoms with E-state index >= 15 is 0 Å². The summed E-state index contributed by atoms with van der Waals surface area (Å²) >= 11 is 0. The van der Waals surface area contributed by atoms with E-state index in [0.29, 0.717) is 17.6 Å². The molecule has 2 aromatic rings. The average molecular weight is 269 g/mol. The molecular weight excluding hydrogens is 250 g/mol. The second-order valence-corrected chi connectivity index (χ2v) is 5.52. The van der Waals surface area contributed by atoms with Crippen LogP contribution < -0.4 is 0 Å². The maximum Gasteiger partial charge on any atom is 0.109 e. The van der Waals surface area contributed by atoms with Crippen LogP contribution >= 0.6 is 0 Å². The largest absolute Gasteiger partial charge is 0.378 e. The minimum absolute atomic E-state index is 0.449. The molecule has 1 aromatic carbocycles. The molecule has 0 N–H and O–H groups in total. The molecule has 1 aliphatic carbocycles. The van der Waals surface area contributed by atoms with Gasteiger partial charge in [0.25, 0.3) is 0 Å². The fourth-order valence-electron chi connectivity index (χ4n) is 2.96. The molecule has 0 unspecified atom stereocenters. The van der Waals surface area contributed by atoms with Crippen LogP contribution in [0.1, 0.15) is 31.2 Å². The molecule has 1 fully saturated rings. The molecule has 4 heteroatoms. The van der Waals surface area contributed by atoms with Crippen LogP contribution in [-0.2, 0) is 18.2 Å². The van der Waals surface area contributed by atoms with E-state index < -0.39 is 0 Å². The number of hydrogen-bond donors (Lipinski definition) is 0. The first kappa shape index (κ1) is 13.1. The summed E-state index contributed by atoms with van der Waals surface area (Å²) in [7, 11) is 2.03. The summed E-state index contributed by atoms with van der Waals surface area (Å²) in [5.41, 5.74) is 2.70. The fourth-order valence-corrected chi connectivity index (χ4v) is 2.96. The molecule has 4 nitrogen and oxygen atoms in total. The second-order valence-electron chi connectivity index (χ2n) is 5.52. The van der Waals surface area contributed by atoms with E-state index in [1.54, 1.807) is 0 Å². The van der Waals surface area contributed by atoms with Crippen molar-refractivity contribution in [3.63, 3.8) is 0 Å². The maximum absolute atomic E-state index is 8.97. The minimum Gasteiger partial charge on any atom is -0.378 e. The van der Waals surface area contributed by atoms with Crippen molar-refractivity contribution in [2.75, 3.05) is 6.61 Å². The molecule has 0 radical (unpaired) electrons. The molecule has 0 atom stereocenters. The Hall–Kier alpha value is -1.86. The Morgan fingerprint density at radius 1 is 1.45 bits per heavy atom. The summed E-state index contributed by atoms with van der Waals surface area (Å²) in [6.07, 6.45) is 3.72. The average Bonchev–Trinajstić information content (AvgIpc) is 2.73. The third kappa shape index (κ3) is 2.30. The molecule has 1 aromatic heterocycles. The van der Waals surface area contributed by atoms with Gasteiger partial charge in [-0.1, -0.05) is 0 Å². The lowest BCUT2D eigenvalue weighted by Crippen LogP contribution is -2.33. The highest BCUT2D eigenvalue weighted by molar-refractivity contribution is 5.77. The molecular formula is C16H19N3O. The zero-order valence-electron chi connectivity index (χ0n) is 12.0. The molecule has 20 heavy (non-hydrogen) atoms. The summed E-state index contributed by atoms with van der Waals surface area (Å²) in [5, 5.41) is 8.97. The van der Waals surface area contributed by atoms with Gasteiger partial charge in [0.15, 0.2) is 0 Å². The fraction of sp³-hybridized carbons (Fsp3) is 0.500. The lowest BCUT2D eigenvalue weighted by Gasteiger charge is -2.34. The van der Waals surface area contributed by atoms with E-state index in [1.165, 1.54) is 0 Å². The van der Waals surface area contributed by atoms with E-state index in [0.717, 1.165) is 42.7 Å². The highest BCUT2D eigenvalue weighted by Gasteiger charge is 2.30. The molecule has 0 bridgehead atoms. The van der Waals surface area contributed by atoms with E-state index in [4.69, 9.17) is 15.0 Å². The molecule has 1 saturated carbocycles. The van der Waals surface area contributed by atoms with Crippen molar-refractivity contribution in [2.24, 2.45) is 13.0 Å². The summed E-state index contributed by atoms with van der Waals surface area (Å²) in [5.74, 6) is 1.78. The standard InChI is InChI=1S/C16H19N3O/c1-3-20-13-6-12(7-13)9-16-18-14-5-4-11(10-17)8-15(14)19(16)2/h4-5,8,12-13H,3,6-7,9H2,1-2H3. The second kappa shape index (κ2) is 5.26. The lowest BCUT2D eigenvalue weighted by atomic mass is 9.80. The van der Waals surface area contributed by atoms with Gasteiger partial charge < -0.3 is 9.30 Å². The smallest absolute Gasteiger partial charge is 0.109 e. The maximum atomic E-state index is 8.97. The Kier molecular flexibility index (Phi) is 3.45. The topological polar surface area (TPSA) is 50.8 Å². The highest BCUT2D eigenvalue weighted by Crippen LogP contribution is 2.33. The monoisotopic (exact) mass is 269 g/mol. The summed E-state index contributed by atoms with van der Waals surface area (Å²) in [6, 6.07) is 7.85. The highest BCUT2D eigenvalue weighted by atomic mass is 16.5. The first-order valence-corrected chi connectivity index (χ1v) is 7.18. The van der Waals surface area contributed by atoms with Gasteiger partial charge in [0.2, 0.25) is 0 Å². The number of imidazole rings is 1. The van der Waals surface area contributed by atoms with Crippen molar-refractivity contribution in [2.45, 2.75) is 32.3 Å². The van der Waals surface area contributed by atoms with Gasteiger partial charge in [-0.25, -0.2) is 4.98 Å². The van der Waals surface area contributed by atoms with Crippen molar-refractivity contribution in [1.82, 2.24) is 9.55 Å². The van der Waals surface area contributed by atoms with Gasteiger partial charge in [-0.2, -0.15) is 5.26 Å². The number of fused-ring (bicyclic) bond motifs is 1. The first-order valence-electron chi connectivity index (χ1n) is 7.18. The predicted molar refractivity (Wildman–Crippen MR) is 77.3 cm³/mol. The van der Waals surface area contributed by atoms with Gasteiger partial charge in [-0.3, -0.25) is 0 Å². The van der Waals surface area contributed by atoms with E-state index in [-0.39, 0.29) is 0 Å². The van der Waals surface area contributed by atoms with Gasteiger partial charge >= 0.3 is 0 Å². The lowest BCUT2D eigenvalue weighted by molar-refractivity contribution is -0.0246. The Labute approximate surface area is 119 Å². The van der Waals surface area contributed by atoms with Gasteiger partial charge in [0, 0.05) is 20.1 Å². The third-order valence-corrected chi connectivity index (χ3v) is 4.17. The summed E-state index contributed by atoms with van der Waals surface area (Å²) in [6.45, 7) is 2.85. The Morgan fingerprint density at radius 2 is 2.25 bits per heavy atom. The van der Waals surface area contributed by atoms with E-state index in [9.17, 15) is 0 Å². The van der Waals surface area contributed by atoms with Crippen LogP contribution in [0.25, 0.3) is 11.0 Å². The number of aromatic nitrogens is 2. The van der Waals surface area contributed by atoms with Crippen molar-refractivity contribution in [3.05, 3.63) is 29.6 Å². The van der Waals surface area contributed by atoms with Gasteiger partial charge in [-0.15, -0.1) is 0 Å². The van der Waals surface area contributed by atoms with Crippen LogP contribution in [0, 0.1) is 17.2 Å². The molecule has 1 heterocycles. The van der Waals surface area contributed by atoms with E-state index in [1.807, 2.05) is 32.2 Å². The predicted octanol–water partition coefficient (Wildman–Crippen LogP) is 2.80. The number of hydrogen-bond acceptors (Lipinski definition) is 3. The van der Waals surface area contributed by atoms with Crippen LogP contribution in [0.3, 0.4) is 0 Å². The minimum atomic E-state index is 0.449. The molecule has 0 saturated heterocycles. The van der Waals surface area contributed by atoms with Crippen LogP contribution in [0.5, 0.6) is 0 Å². The van der Waals surface area contributed by atoms with Crippen LogP contribution in [-0.4, -0.2) is 22.3 Å². The van der Waals surface area contributed by atoms with Crippen molar-refractivity contribution in [3.8, 4) is 6.07 Å². The molecule has 0 spiro atoms. The third-order valence-electron chi connectivity index (χ3n) is 4.17. The van der Waals surface area contributed by atoms with Crippen LogP contribution in [0.4, 0.5) is 0 Å². The van der Waals surface area contributed by atoms with Gasteiger partial charge in [0.1, 0.15) is 5.82 Å². The van der Waals surface area contributed by atoms with Crippen LogP contribution in [0.2, 0.25) is 0 Å². The quantitative estimate of drug-likeness (QED) is 0.857.